The normalized spacial score (nSPS) is 11.7. The SMILES string of the molecule is Fc1c(F)c(F)c(Sc2c(-c3c(F)c(F)c(F)c(F)c3F)sc(-c3c(F)c(F)c(F)c(F)c3F)c2-c2c(F)c(F)c(F)c(F)c2F)c(F)c1F. The molecule has 0 aliphatic carbocycles. The van der Waals surface area contributed by atoms with Crippen LogP contribution in [0.15, 0.2) is 9.79 Å². The highest BCUT2D eigenvalue weighted by Crippen LogP contribution is 2.57. The first kappa shape index (κ1) is 36.8. The highest BCUT2D eigenvalue weighted by atomic mass is 32.2. The van der Waals surface area contributed by atoms with E-state index in [0.29, 0.717) is 0 Å². The summed E-state index contributed by atoms with van der Waals surface area (Å²) >= 11 is -2.22. The molecule has 264 valence electrons. The van der Waals surface area contributed by atoms with E-state index in [4.69, 9.17) is 0 Å². The van der Waals surface area contributed by atoms with Crippen LogP contribution in [0, 0.1) is 116 Å². The zero-order chi connectivity index (χ0) is 37.6. The van der Waals surface area contributed by atoms with Gasteiger partial charge in [-0.25, -0.2) is 87.8 Å². The van der Waals surface area contributed by atoms with Crippen LogP contribution in [0.25, 0.3) is 32.0 Å². The van der Waals surface area contributed by atoms with Crippen molar-refractivity contribution in [3.63, 3.8) is 0 Å². The molecule has 5 aromatic rings. The van der Waals surface area contributed by atoms with Crippen molar-refractivity contribution in [1.29, 1.82) is 0 Å². The van der Waals surface area contributed by atoms with Crippen molar-refractivity contribution >= 4 is 23.1 Å². The van der Waals surface area contributed by atoms with Crippen molar-refractivity contribution in [1.82, 2.24) is 0 Å². The van der Waals surface area contributed by atoms with Crippen LogP contribution in [-0.4, -0.2) is 0 Å². The molecular weight excluding hydrogens is 780 g/mol. The number of hydrogen-bond acceptors (Lipinski definition) is 2. The summed E-state index contributed by atoms with van der Waals surface area (Å²) in [5.74, 6) is -59.5. The van der Waals surface area contributed by atoms with E-state index in [1.807, 2.05) is 0 Å². The standard InChI is InChI=1S/C28F20S2/c29-5-1(6(30)12(36)17(41)11(5)35)2-25(3-7(31)13(37)18(42)14(38)8(3)32)49-27(4-9(33)15(39)19(43)16(40)10(4)34)26(2)50-28-23(47)21(45)20(44)22(46)24(28)48. The lowest BCUT2D eigenvalue weighted by Crippen LogP contribution is -2.07. The summed E-state index contributed by atoms with van der Waals surface area (Å²) in [6, 6.07) is 0. The molecule has 0 bridgehead atoms. The van der Waals surface area contributed by atoms with Gasteiger partial charge in [0.2, 0.25) is 23.3 Å². The van der Waals surface area contributed by atoms with Gasteiger partial charge in [-0.05, 0) is 0 Å². The molecule has 0 saturated heterocycles. The third-order valence-corrected chi connectivity index (χ3v) is 9.10. The fourth-order valence-electron chi connectivity index (χ4n) is 4.29. The number of benzene rings is 4. The average Bonchev–Trinajstić information content (AvgIpc) is 3.43. The quantitative estimate of drug-likeness (QED) is 0.0973. The molecule has 4 aromatic carbocycles. The van der Waals surface area contributed by atoms with E-state index in [-0.39, 0.29) is 0 Å². The molecule has 5 rings (SSSR count). The van der Waals surface area contributed by atoms with Gasteiger partial charge in [0, 0.05) is 10.5 Å². The Kier molecular flexibility index (Phi) is 9.34. The summed E-state index contributed by atoms with van der Waals surface area (Å²) < 4.78 is 290. The second-order valence-electron chi connectivity index (χ2n) is 9.30. The fourth-order valence-corrected chi connectivity index (χ4v) is 6.94. The Hall–Kier alpha value is -4.47. The predicted octanol–water partition coefficient (Wildman–Crippen LogP) is 11.7. The molecule has 0 amide bonds. The average molecular weight is 780 g/mol. The molecule has 0 saturated carbocycles. The first-order valence-electron chi connectivity index (χ1n) is 12.1. The minimum atomic E-state index is -3.07. The third-order valence-electron chi connectivity index (χ3n) is 6.57. The van der Waals surface area contributed by atoms with Gasteiger partial charge in [0.15, 0.2) is 93.1 Å². The maximum absolute atomic E-state index is 15.3. The van der Waals surface area contributed by atoms with Crippen LogP contribution in [-0.2, 0) is 0 Å². The van der Waals surface area contributed by atoms with Crippen molar-refractivity contribution in [2.45, 2.75) is 9.79 Å². The molecular formula is C28F20S2. The zero-order valence-corrected chi connectivity index (χ0v) is 24.0. The Labute approximate surface area is 269 Å². The molecule has 0 N–H and O–H groups in total. The van der Waals surface area contributed by atoms with E-state index in [9.17, 15) is 61.5 Å². The van der Waals surface area contributed by atoms with Crippen molar-refractivity contribution in [2.24, 2.45) is 0 Å². The Morgan fingerprint density at radius 3 is 0.780 bits per heavy atom. The smallest absolute Gasteiger partial charge is 0.200 e. The van der Waals surface area contributed by atoms with Gasteiger partial charge in [-0.1, -0.05) is 11.8 Å². The van der Waals surface area contributed by atoms with Gasteiger partial charge in [-0.3, -0.25) is 0 Å². The highest BCUT2D eigenvalue weighted by molar-refractivity contribution is 7.99. The second kappa shape index (κ2) is 12.7. The number of hydrogen-bond donors (Lipinski definition) is 0. The fraction of sp³-hybridized carbons (Fsp3) is 0. The lowest BCUT2D eigenvalue weighted by molar-refractivity contribution is 0.361. The zero-order valence-electron chi connectivity index (χ0n) is 22.4. The molecule has 0 radical (unpaired) electrons. The van der Waals surface area contributed by atoms with Crippen molar-refractivity contribution in [2.75, 3.05) is 0 Å². The van der Waals surface area contributed by atoms with E-state index in [1.54, 1.807) is 0 Å². The molecule has 0 fully saturated rings. The van der Waals surface area contributed by atoms with Gasteiger partial charge >= 0.3 is 0 Å². The second-order valence-corrected chi connectivity index (χ2v) is 11.3. The molecule has 0 spiro atoms. The predicted molar refractivity (Wildman–Crippen MR) is 130 cm³/mol. The van der Waals surface area contributed by atoms with Crippen LogP contribution in [0.5, 0.6) is 0 Å². The summed E-state index contributed by atoms with van der Waals surface area (Å²) in [4.78, 5) is -8.47. The van der Waals surface area contributed by atoms with E-state index < -0.39 is 181 Å². The summed E-state index contributed by atoms with van der Waals surface area (Å²) in [5.41, 5.74) is -9.73. The number of thiophene rings is 1. The van der Waals surface area contributed by atoms with Crippen molar-refractivity contribution in [3.05, 3.63) is 116 Å². The van der Waals surface area contributed by atoms with Crippen LogP contribution < -0.4 is 0 Å². The molecule has 0 nitrogen and oxygen atoms in total. The first-order valence-corrected chi connectivity index (χ1v) is 13.7. The number of halogens is 20. The van der Waals surface area contributed by atoms with Gasteiger partial charge in [-0.2, -0.15) is 0 Å². The Balaban J connectivity index is 2.14. The molecule has 1 aromatic heterocycles. The summed E-state index contributed by atoms with van der Waals surface area (Å²) in [6.07, 6.45) is 0. The van der Waals surface area contributed by atoms with E-state index in [0.717, 1.165) is 0 Å². The number of rotatable bonds is 5. The van der Waals surface area contributed by atoms with Gasteiger partial charge in [0.05, 0.1) is 31.3 Å². The van der Waals surface area contributed by atoms with Crippen molar-refractivity contribution in [3.8, 4) is 32.0 Å². The molecule has 1 heterocycles. The van der Waals surface area contributed by atoms with Crippen LogP contribution in [0.3, 0.4) is 0 Å². The molecule has 22 heteroatoms. The lowest BCUT2D eigenvalue weighted by atomic mass is 9.98. The van der Waals surface area contributed by atoms with Crippen LogP contribution >= 0.6 is 23.1 Å². The van der Waals surface area contributed by atoms with Crippen LogP contribution in [0.1, 0.15) is 0 Å². The van der Waals surface area contributed by atoms with Crippen molar-refractivity contribution < 1.29 is 87.8 Å². The maximum Gasteiger partial charge on any atom is 0.200 e. The minimum Gasteiger partial charge on any atom is -0.203 e. The molecule has 0 unspecified atom stereocenters. The summed E-state index contributed by atoms with van der Waals surface area (Å²) in [5, 5.41) is 0. The molecule has 50 heavy (non-hydrogen) atoms. The Morgan fingerprint density at radius 2 is 0.460 bits per heavy atom. The third kappa shape index (κ3) is 5.16. The lowest BCUT2D eigenvalue weighted by Gasteiger charge is -2.15. The first-order chi connectivity index (χ1) is 23.2. The van der Waals surface area contributed by atoms with Gasteiger partial charge in [0.25, 0.3) is 0 Å². The highest BCUT2D eigenvalue weighted by Gasteiger charge is 2.40. The molecule has 0 aliphatic rings. The van der Waals surface area contributed by atoms with Gasteiger partial charge < -0.3 is 0 Å². The van der Waals surface area contributed by atoms with Gasteiger partial charge in [0.1, 0.15) is 0 Å². The van der Waals surface area contributed by atoms with E-state index in [2.05, 4.69) is 0 Å². The minimum absolute atomic E-state index is 1.00. The van der Waals surface area contributed by atoms with E-state index in [1.165, 1.54) is 0 Å². The largest absolute Gasteiger partial charge is 0.203 e. The maximum atomic E-state index is 15.3. The van der Waals surface area contributed by atoms with Crippen LogP contribution in [0.2, 0.25) is 0 Å². The van der Waals surface area contributed by atoms with Gasteiger partial charge in [-0.15, -0.1) is 11.3 Å². The Bertz CT molecular complexity index is 2190. The monoisotopic (exact) mass is 780 g/mol. The Morgan fingerprint density at radius 1 is 0.220 bits per heavy atom. The topological polar surface area (TPSA) is 0 Å². The summed E-state index contributed by atoms with van der Waals surface area (Å²) in [7, 11) is 0. The van der Waals surface area contributed by atoms with Crippen LogP contribution in [0.4, 0.5) is 87.8 Å². The van der Waals surface area contributed by atoms with E-state index >= 15 is 26.3 Å². The molecule has 0 atom stereocenters. The summed E-state index contributed by atoms with van der Waals surface area (Å²) in [6.45, 7) is 0. The molecule has 0 aliphatic heterocycles.